The van der Waals surface area contributed by atoms with E-state index in [0.29, 0.717) is 0 Å². The smallest absolute Gasteiger partial charge is 0.131 e. The first-order valence-corrected chi connectivity index (χ1v) is 4.91. The van der Waals surface area contributed by atoms with E-state index in [1.807, 2.05) is 12.3 Å². The van der Waals surface area contributed by atoms with Crippen LogP contribution in [0.25, 0.3) is 0 Å². The average Bonchev–Trinajstić information content (AvgIpc) is 2.67. The molecular weight excluding hydrogens is 162 g/mol. The molecule has 1 saturated heterocycles. The molecule has 0 N–H and O–H groups in total. The first kappa shape index (κ1) is 8.48. The molecule has 0 aromatic carbocycles. The zero-order chi connectivity index (χ0) is 9.10. The Hall–Kier alpha value is -1.12. The minimum atomic E-state index is 0.856. The SMILES string of the molecule is CC[C@H]1CCN(c2ccncn2)C1. The second-order valence-corrected chi connectivity index (χ2v) is 3.58. The van der Waals surface area contributed by atoms with Gasteiger partial charge in [0.1, 0.15) is 12.1 Å². The summed E-state index contributed by atoms with van der Waals surface area (Å²) in [5.41, 5.74) is 0. The summed E-state index contributed by atoms with van der Waals surface area (Å²) >= 11 is 0. The molecule has 1 aliphatic rings. The van der Waals surface area contributed by atoms with Gasteiger partial charge in [0.15, 0.2) is 0 Å². The van der Waals surface area contributed by atoms with E-state index in [1.165, 1.54) is 12.8 Å². The van der Waals surface area contributed by atoms with E-state index in [-0.39, 0.29) is 0 Å². The predicted octanol–water partition coefficient (Wildman–Crippen LogP) is 1.71. The lowest BCUT2D eigenvalue weighted by molar-refractivity contribution is 0.568. The number of aromatic nitrogens is 2. The Balaban J connectivity index is 2.04. The molecular formula is C10H15N3. The molecule has 0 radical (unpaired) electrons. The molecule has 2 rings (SSSR count). The molecule has 1 atom stereocenters. The van der Waals surface area contributed by atoms with Gasteiger partial charge in [-0.15, -0.1) is 0 Å². The third-order valence-electron chi connectivity index (χ3n) is 2.75. The number of nitrogens with zero attached hydrogens (tertiary/aromatic N) is 3. The number of hydrogen-bond acceptors (Lipinski definition) is 3. The van der Waals surface area contributed by atoms with Crippen LogP contribution in [0.2, 0.25) is 0 Å². The van der Waals surface area contributed by atoms with Crippen LogP contribution in [0.15, 0.2) is 18.6 Å². The van der Waals surface area contributed by atoms with Gasteiger partial charge in [0.2, 0.25) is 0 Å². The van der Waals surface area contributed by atoms with E-state index in [2.05, 4.69) is 21.8 Å². The largest absolute Gasteiger partial charge is 0.356 e. The Bertz CT molecular complexity index is 260. The van der Waals surface area contributed by atoms with Crippen LogP contribution >= 0.6 is 0 Å². The number of anilines is 1. The van der Waals surface area contributed by atoms with Crippen molar-refractivity contribution in [3.63, 3.8) is 0 Å². The van der Waals surface area contributed by atoms with E-state index < -0.39 is 0 Å². The molecule has 0 bridgehead atoms. The van der Waals surface area contributed by atoms with E-state index in [9.17, 15) is 0 Å². The van der Waals surface area contributed by atoms with Crippen molar-refractivity contribution in [1.29, 1.82) is 0 Å². The molecule has 3 heteroatoms. The van der Waals surface area contributed by atoms with E-state index in [1.54, 1.807) is 6.33 Å². The van der Waals surface area contributed by atoms with E-state index in [4.69, 9.17) is 0 Å². The highest BCUT2D eigenvalue weighted by molar-refractivity contribution is 5.37. The van der Waals surface area contributed by atoms with Crippen LogP contribution in [0.3, 0.4) is 0 Å². The second kappa shape index (κ2) is 3.73. The lowest BCUT2D eigenvalue weighted by Gasteiger charge is -2.16. The van der Waals surface area contributed by atoms with Gasteiger partial charge in [0, 0.05) is 19.3 Å². The molecule has 3 nitrogen and oxygen atoms in total. The summed E-state index contributed by atoms with van der Waals surface area (Å²) in [4.78, 5) is 10.5. The molecule has 0 amide bonds. The highest BCUT2D eigenvalue weighted by Crippen LogP contribution is 2.22. The molecule has 13 heavy (non-hydrogen) atoms. The minimum absolute atomic E-state index is 0.856. The monoisotopic (exact) mass is 177 g/mol. The highest BCUT2D eigenvalue weighted by atomic mass is 15.2. The molecule has 1 fully saturated rings. The quantitative estimate of drug-likeness (QED) is 0.688. The van der Waals surface area contributed by atoms with Gasteiger partial charge < -0.3 is 4.90 Å². The van der Waals surface area contributed by atoms with Crippen molar-refractivity contribution in [2.75, 3.05) is 18.0 Å². The maximum Gasteiger partial charge on any atom is 0.131 e. The van der Waals surface area contributed by atoms with Crippen LogP contribution in [0, 0.1) is 5.92 Å². The normalized spacial score (nSPS) is 22.2. The van der Waals surface area contributed by atoms with Crippen molar-refractivity contribution in [2.24, 2.45) is 5.92 Å². The molecule has 70 valence electrons. The summed E-state index contributed by atoms with van der Waals surface area (Å²) in [6.07, 6.45) is 6.01. The van der Waals surface area contributed by atoms with Gasteiger partial charge in [-0.25, -0.2) is 9.97 Å². The maximum atomic E-state index is 4.24. The second-order valence-electron chi connectivity index (χ2n) is 3.58. The molecule has 0 unspecified atom stereocenters. The molecule has 0 saturated carbocycles. The van der Waals surface area contributed by atoms with Gasteiger partial charge in [-0.1, -0.05) is 13.3 Å². The summed E-state index contributed by atoms with van der Waals surface area (Å²) in [6, 6.07) is 1.98. The Labute approximate surface area is 78.8 Å². The zero-order valence-corrected chi connectivity index (χ0v) is 7.98. The fourth-order valence-corrected chi connectivity index (χ4v) is 1.84. The molecule has 0 aliphatic carbocycles. The van der Waals surface area contributed by atoms with Gasteiger partial charge in [0.05, 0.1) is 0 Å². The Kier molecular flexibility index (Phi) is 2.43. The van der Waals surface area contributed by atoms with Crippen molar-refractivity contribution in [3.05, 3.63) is 18.6 Å². The summed E-state index contributed by atoms with van der Waals surface area (Å²) < 4.78 is 0. The summed E-state index contributed by atoms with van der Waals surface area (Å²) in [7, 11) is 0. The Morgan fingerprint density at radius 3 is 3.15 bits per heavy atom. The fraction of sp³-hybridized carbons (Fsp3) is 0.600. The van der Waals surface area contributed by atoms with Gasteiger partial charge in [0.25, 0.3) is 0 Å². The number of rotatable bonds is 2. The molecule has 1 aliphatic heterocycles. The van der Waals surface area contributed by atoms with Crippen molar-refractivity contribution in [3.8, 4) is 0 Å². The lowest BCUT2D eigenvalue weighted by atomic mass is 10.1. The number of hydrogen-bond donors (Lipinski definition) is 0. The Morgan fingerprint density at radius 1 is 1.62 bits per heavy atom. The molecule has 1 aromatic rings. The van der Waals surface area contributed by atoms with Crippen LogP contribution in [0.5, 0.6) is 0 Å². The average molecular weight is 177 g/mol. The standard InChI is InChI=1S/C10H15N3/c1-2-9-4-6-13(7-9)10-3-5-11-8-12-10/h3,5,8-9H,2,4,6-7H2,1H3/t9-/m0/s1. The molecule has 2 heterocycles. The Morgan fingerprint density at radius 2 is 2.54 bits per heavy atom. The van der Waals surface area contributed by atoms with Crippen LogP contribution in [0.4, 0.5) is 5.82 Å². The predicted molar refractivity (Wildman–Crippen MR) is 52.6 cm³/mol. The summed E-state index contributed by atoms with van der Waals surface area (Å²) in [5, 5.41) is 0. The highest BCUT2D eigenvalue weighted by Gasteiger charge is 2.21. The molecule has 0 spiro atoms. The van der Waals surface area contributed by atoms with Crippen LogP contribution in [-0.4, -0.2) is 23.1 Å². The van der Waals surface area contributed by atoms with Crippen molar-refractivity contribution in [1.82, 2.24) is 9.97 Å². The van der Waals surface area contributed by atoms with Crippen LogP contribution in [0.1, 0.15) is 19.8 Å². The van der Waals surface area contributed by atoms with Crippen LogP contribution < -0.4 is 4.90 Å². The summed E-state index contributed by atoms with van der Waals surface area (Å²) in [5.74, 6) is 1.93. The lowest BCUT2D eigenvalue weighted by Crippen LogP contribution is -2.20. The van der Waals surface area contributed by atoms with Crippen molar-refractivity contribution in [2.45, 2.75) is 19.8 Å². The van der Waals surface area contributed by atoms with Gasteiger partial charge in [-0.05, 0) is 18.4 Å². The zero-order valence-electron chi connectivity index (χ0n) is 7.98. The third-order valence-corrected chi connectivity index (χ3v) is 2.75. The third kappa shape index (κ3) is 1.79. The van der Waals surface area contributed by atoms with E-state index >= 15 is 0 Å². The van der Waals surface area contributed by atoms with Gasteiger partial charge in [-0.3, -0.25) is 0 Å². The first-order valence-electron chi connectivity index (χ1n) is 4.91. The topological polar surface area (TPSA) is 29.0 Å². The maximum absolute atomic E-state index is 4.24. The van der Waals surface area contributed by atoms with Crippen molar-refractivity contribution >= 4 is 5.82 Å². The van der Waals surface area contributed by atoms with E-state index in [0.717, 1.165) is 24.8 Å². The minimum Gasteiger partial charge on any atom is -0.356 e. The fourth-order valence-electron chi connectivity index (χ4n) is 1.84. The first-order chi connectivity index (χ1) is 6.40. The van der Waals surface area contributed by atoms with Crippen LogP contribution in [-0.2, 0) is 0 Å². The van der Waals surface area contributed by atoms with Gasteiger partial charge in [-0.2, -0.15) is 0 Å². The van der Waals surface area contributed by atoms with Gasteiger partial charge >= 0.3 is 0 Å². The van der Waals surface area contributed by atoms with Crippen molar-refractivity contribution < 1.29 is 0 Å². The summed E-state index contributed by atoms with van der Waals surface area (Å²) in [6.45, 7) is 4.57. The molecule has 1 aromatic heterocycles.